The zero-order valence-electron chi connectivity index (χ0n) is 17.6. The summed E-state index contributed by atoms with van der Waals surface area (Å²) in [7, 11) is 3.88. The summed E-state index contributed by atoms with van der Waals surface area (Å²) in [4.78, 5) is 17.8. The van der Waals surface area contributed by atoms with Gasteiger partial charge in [0.2, 0.25) is 0 Å². The van der Waals surface area contributed by atoms with Crippen LogP contribution in [0, 0.1) is 17.5 Å². The van der Waals surface area contributed by atoms with Gasteiger partial charge in [0.25, 0.3) is 5.91 Å². The number of carbonyl (C=O) groups is 1. The Morgan fingerprint density at radius 2 is 1.66 bits per heavy atom. The van der Waals surface area contributed by atoms with Crippen molar-refractivity contribution < 1.29 is 18.0 Å². The van der Waals surface area contributed by atoms with E-state index in [0.717, 1.165) is 33.8 Å². The Balaban J connectivity index is 1.69. The monoisotopic (exact) mass is 437 g/mol. The van der Waals surface area contributed by atoms with Crippen molar-refractivity contribution in [2.24, 2.45) is 0 Å². The largest absolute Gasteiger partial charge is 0.378 e. The Bertz CT molecular complexity index is 1270. The molecule has 1 aromatic heterocycles. The van der Waals surface area contributed by atoms with Gasteiger partial charge in [-0.2, -0.15) is 0 Å². The SMILES string of the molecule is CN(C)c1ccc([C@@H](CNC(=O)c2c(F)ccc(F)c2F)c2c[nH]c3ccccc23)cc1. The molecule has 1 atom stereocenters. The highest BCUT2D eigenvalue weighted by atomic mass is 19.2. The Morgan fingerprint density at radius 3 is 2.38 bits per heavy atom. The lowest BCUT2D eigenvalue weighted by atomic mass is 9.90. The van der Waals surface area contributed by atoms with Crippen molar-refractivity contribution in [2.45, 2.75) is 5.92 Å². The van der Waals surface area contributed by atoms with Crippen LogP contribution in [0.2, 0.25) is 0 Å². The van der Waals surface area contributed by atoms with Crippen LogP contribution in [-0.2, 0) is 0 Å². The fourth-order valence-corrected chi connectivity index (χ4v) is 3.81. The molecule has 164 valence electrons. The molecule has 4 nitrogen and oxygen atoms in total. The second kappa shape index (κ2) is 8.78. The van der Waals surface area contributed by atoms with E-state index in [-0.39, 0.29) is 12.5 Å². The maximum Gasteiger partial charge on any atom is 0.257 e. The molecule has 0 saturated heterocycles. The third-order valence-electron chi connectivity index (χ3n) is 5.55. The molecule has 0 radical (unpaired) electrons. The Morgan fingerprint density at radius 1 is 0.969 bits per heavy atom. The minimum absolute atomic E-state index is 0.0669. The van der Waals surface area contributed by atoms with Crippen LogP contribution in [0.3, 0.4) is 0 Å². The predicted molar refractivity (Wildman–Crippen MR) is 120 cm³/mol. The Hall–Kier alpha value is -3.74. The van der Waals surface area contributed by atoms with E-state index < -0.39 is 28.9 Å². The molecule has 2 N–H and O–H groups in total. The summed E-state index contributed by atoms with van der Waals surface area (Å²) in [5.74, 6) is -5.19. The number of hydrogen-bond donors (Lipinski definition) is 2. The molecule has 0 spiro atoms. The smallest absolute Gasteiger partial charge is 0.257 e. The van der Waals surface area contributed by atoms with Crippen LogP contribution in [0.25, 0.3) is 10.9 Å². The number of para-hydroxylation sites is 1. The summed E-state index contributed by atoms with van der Waals surface area (Å²) in [5.41, 5.74) is 2.87. The van der Waals surface area contributed by atoms with E-state index in [1.807, 2.05) is 73.7 Å². The molecule has 0 saturated carbocycles. The van der Waals surface area contributed by atoms with Crippen LogP contribution in [0.4, 0.5) is 18.9 Å². The number of fused-ring (bicyclic) bond motifs is 1. The highest BCUT2D eigenvalue weighted by Gasteiger charge is 2.24. The zero-order valence-corrected chi connectivity index (χ0v) is 17.6. The molecule has 4 rings (SSSR count). The van der Waals surface area contributed by atoms with Gasteiger partial charge < -0.3 is 15.2 Å². The molecule has 32 heavy (non-hydrogen) atoms. The maximum atomic E-state index is 14.1. The molecule has 0 aliphatic rings. The number of nitrogens with one attached hydrogen (secondary N) is 2. The van der Waals surface area contributed by atoms with E-state index in [4.69, 9.17) is 0 Å². The average molecular weight is 437 g/mol. The van der Waals surface area contributed by atoms with Crippen molar-refractivity contribution in [3.63, 3.8) is 0 Å². The second-order valence-electron chi connectivity index (χ2n) is 7.76. The van der Waals surface area contributed by atoms with Gasteiger partial charge in [-0.15, -0.1) is 0 Å². The first-order valence-corrected chi connectivity index (χ1v) is 10.1. The summed E-state index contributed by atoms with van der Waals surface area (Å²) < 4.78 is 41.7. The normalized spacial score (nSPS) is 12.0. The van der Waals surface area contributed by atoms with E-state index in [9.17, 15) is 18.0 Å². The third kappa shape index (κ3) is 4.06. The fourth-order valence-electron chi connectivity index (χ4n) is 3.81. The zero-order chi connectivity index (χ0) is 22.8. The lowest BCUT2D eigenvalue weighted by molar-refractivity contribution is 0.0943. The van der Waals surface area contributed by atoms with Crippen LogP contribution >= 0.6 is 0 Å². The molecule has 1 amide bonds. The Kier molecular flexibility index (Phi) is 5.90. The molecule has 3 aromatic carbocycles. The lowest BCUT2D eigenvalue weighted by Crippen LogP contribution is -2.30. The average Bonchev–Trinajstić information content (AvgIpc) is 3.21. The van der Waals surface area contributed by atoms with E-state index >= 15 is 0 Å². The highest BCUT2D eigenvalue weighted by Crippen LogP contribution is 2.31. The molecule has 0 aliphatic heterocycles. The number of halogens is 3. The number of aromatic nitrogens is 1. The first kappa shape index (κ1) is 21.5. The molecule has 0 fully saturated rings. The minimum Gasteiger partial charge on any atom is -0.378 e. The van der Waals surface area contributed by atoms with Crippen molar-refractivity contribution in [1.82, 2.24) is 10.3 Å². The molecule has 0 bridgehead atoms. The topological polar surface area (TPSA) is 48.1 Å². The number of H-pyrrole nitrogens is 1. The van der Waals surface area contributed by atoms with Gasteiger partial charge in [-0.3, -0.25) is 4.79 Å². The summed E-state index contributed by atoms with van der Waals surface area (Å²) in [6, 6.07) is 17.0. The molecule has 1 heterocycles. The van der Waals surface area contributed by atoms with Crippen LogP contribution in [-0.4, -0.2) is 31.5 Å². The van der Waals surface area contributed by atoms with Crippen LogP contribution in [0.5, 0.6) is 0 Å². The van der Waals surface area contributed by atoms with E-state index in [1.54, 1.807) is 0 Å². The van der Waals surface area contributed by atoms with E-state index in [2.05, 4.69) is 10.3 Å². The van der Waals surface area contributed by atoms with E-state index in [0.29, 0.717) is 6.07 Å². The number of anilines is 1. The first-order valence-electron chi connectivity index (χ1n) is 10.1. The molecular formula is C25H22F3N3O. The van der Waals surface area contributed by atoms with Gasteiger partial charge in [-0.1, -0.05) is 30.3 Å². The fraction of sp³-hybridized carbons (Fsp3) is 0.160. The van der Waals surface area contributed by atoms with Crippen molar-refractivity contribution in [3.8, 4) is 0 Å². The number of carbonyl (C=O) groups excluding carboxylic acids is 1. The lowest BCUT2D eigenvalue weighted by Gasteiger charge is -2.20. The van der Waals surface area contributed by atoms with Gasteiger partial charge in [0.05, 0.1) is 0 Å². The van der Waals surface area contributed by atoms with Crippen molar-refractivity contribution >= 4 is 22.5 Å². The number of hydrogen-bond acceptors (Lipinski definition) is 2. The van der Waals surface area contributed by atoms with Crippen LogP contribution in [0.1, 0.15) is 27.4 Å². The van der Waals surface area contributed by atoms with Gasteiger partial charge in [0.15, 0.2) is 11.6 Å². The van der Waals surface area contributed by atoms with Gasteiger partial charge in [0.1, 0.15) is 11.4 Å². The van der Waals surface area contributed by atoms with Gasteiger partial charge in [-0.05, 0) is 41.5 Å². The van der Waals surface area contributed by atoms with Crippen molar-refractivity contribution in [2.75, 3.05) is 25.5 Å². The summed E-state index contributed by atoms with van der Waals surface area (Å²) >= 11 is 0. The molecule has 4 aromatic rings. The predicted octanol–water partition coefficient (Wildman–Crippen LogP) is 5.21. The summed E-state index contributed by atoms with van der Waals surface area (Å²) in [6.45, 7) is 0.0669. The number of benzene rings is 3. The van der Waals surface area contributed by atoms with Gasteiger partial charge >= 0.3 is 0 Å². The first-order chi connectivity index (χ1) is 15.4. The van der Waals surface area contributed by atoms with Gasteiger partial charge in [-0.25, -0.2) is 13.2 Å². The summed E-state index contributed by atoms with van der Waals surface area (Å²) in [6.07, 6.45) is 1.87. The molecule has 7 heteroatoms. The van der Waals surface area contributed by atoms with Crippen molar-refractivity contribution in [3.05, 3.63) is 101 Å². The van der Waals surface area contributed by atoms with Gasteiger partial charge in [0, 0.05) is 49.3 Å². The van der Waals surface area contributed by atoms with Crippen LogP contribution < -0.4 is 10.2 Å². The Labute approximate surface area is 183 Å². The summed E-state index contributed by atoms with van der Waals surface area (Å²) in [5, 5.41) is 3.57. The van der Waals surface area contributed by atoms with Crippen LogP contribution in [0.15, 0.2) is 66.9 Å². The highest BCUT2D eigenvalue weighted by molar-refractivity contribution is 5.95. The van der Waals surface area contributed by atoms with Crippen molar-refractivity contribution in [1.29, 1.82) is 0 Å². The number of amides is 1. The minimum atomic E-state index is -1.50. The quantitative estimate of drug-likeness (QED) is 0.407. The number of nitrogens with zero attached hydrogens (tertiary/aromatic N) is 1. The molecule has 0 aliphatic carbocycles. The van der Waals surface area contributed by atoms with E-state index in [1.165, 1.54) is 0 Å². The maximum absolute atomic E-state index is 14.1. The molecular weight excluding hydrogens is 415 g/mol. The third-order valence-corrected chi connectivity index (χ3v) is 5.55. The molecule has 0 unspecified atom stereocenters. The second-order valence-corrected chi connectivity index (χ2v) is 7.76. The standard InChI is InChI=1S/C25H22F3N3O/c1-31(2)16-9-7-15(8-10-16)18(19-14-29-22-6-4-3-5-17(19)22)13-30-25(32)23-20(26)11-12-21(27)24(23)28/h3-12,14,18,29H,13H2,1-2H3,(H,30,32)/t18-/m1/s1. The number of aromatic amines is 1. The number of rotatable bonds is 6.